The lowest BCUT2D eigenvalue weighted by molar-refractivity contribution is -0.134. The van der Waals surface area contributed by atoms with Crippen LogP contribution in [0.15, 0.2) is 34.1 Å². The van der Waals surface area contributed by atoms with Crippen LogP contribution >= 0.6 is 0 Å². The van der Waals surface area contributed by atoms with E-state index in [4.69, 9.17) is 14.2 Å². The zero-order chi connectivity index (χ0) is 18.3. The number of benzene rings is 2. The summed E-state index contributed by atoms with van der Waals surface area (Å²) < 4.78 is 63.2. The van der Waals surface area contributed by atoms with Gasteiger partial charge in [0.15, 0.2) is 0 Å². The standard InChI is InChI=1S/C12H11NO9S2/c14-10-4-8(24(20,21)22)2-6-1-7(23(17,18)19)3-9(12(6)10)13-5-11(15)16/h1-4,13-14H,5H2,(H,15,16)(H,17,18,19)(H,20,21,22). The Kier molecular flexibility index (Phi) is 4.41. The number of aliphatic carboxylic acids is 1. The first kappa shape index (κ1) is 17.9. The van der Waals surface area contributed by atoms with Crippen molar-refractivity contribution in [1.82, 2.24) is 0 Å². The molecule has 0 saturated heterocycles. The van der Waals surface area contributed by atoms with Crippen LogP contribution < -0.4 is 5.32 Å². The third-order valence-corrected chi connectivity index (χ3v) is 4.66. The molecule has 10 nitrogen and oxygen atoms in total. The van der Waals surface area contributed by atoms with E-state index in [1.165, 1.54) is 0 Å². The Balaban J connectivity index is 2.85. The average Bonchev–Trinajstić information content (AvgIpc) is 2.41. The maximum absolute atomic E-state index is 11.3. The molecule has 0 aliphatic rings. The summed E-state index contributed by atoms with van der Waals surface area (Å²) in [6.07, 6.45) is 0. The van der Waals surface area contributed by atoms with Gasteiger partial charge in [0.2, 0.25) is 0 Å². The molecule has 12 heteroatoms. The Morgan fingerprint density at radius 3 is 1.92 bits per heavy atom. The maximum Gasteiger partial charge on any atom is 0.322 e. The van der Waals surface area contributed by atoms with E-state index in [0.29, 0.717) is 0 Å². The third-order valence-electron chi connectivity index (χ3n) is 3.00. The van der Waals surface area contributed by atoms with Crippen LogP contribution in [0.4, 0.5) is 5.69 Å². The van der Waals surface area contributed by atoms with Crippen LogP contribution in [0.2, 0.25) is 0 Å². The van der Waals surface area contributed by atoms with Gasteiger partial charge in [0, 0.05) is 17.1 Å². The first-order valence-electron chi connectivity index (χ1n) is 6.11. The lowest BCUT2D eigenvalue weighted by Crippen LogP contribution is -2.13. The Morgan fingerprint density at radius 2 is 1.46 bits per heavy atom. The molecule has 0 fully saturated rings. The number of carboxylic acid groups (broad SMARTS) is 1. The van der Waals surface area contributed by atoms with Gasteiger partial charge >= 0.3 is 5.97 Å². The molecule has 0 heterocycles. The number of phenolic OH excluding ortho intramolecular Hbond substituents is 1. The van der Waals surface area contributed by atoms with Gasteiger partial charge in [0.05, 0.1) is 9.79 Å². The number of phenols is 1. The normalized spacial score (nSPS) is 12.2. The molecule has 0 atom stereocenters. The van der Waals surface area contributed by atoms with Crippen LogP contribution in [0.1, 0.15) is 0 Å². The van der Waals surface area contributed by atoms with Crippen LogP contribution in [0.5, 0.6) is 5.75 Å². The van der Waals surface area contributed by atoms with E-state index in [2.05, 4.69) is 5.32 Å². The summed E-state index contributed by atoms with van der Waals surface area (Å²) in [7, 11) is -9.39. The molecule has 0 aromatic heterocycles. The Hall–Kier alpha value is -2.41. The molecule has 2 aromatic carbocycles. The minimum absolute atomic E-state index is 0.0870. The minimum Gasteiger partial charge on any atom is -0.507 e. The van der Waals surface area contributed by atoms with Gasteiger partial charge < -0.3 is 15.5 Å². The maximum atomic E-state index is 11.3. The summed E-state index contributed by atoms with van der Waals surface area (Å²) in [5.41, 5.74) is -0.165. The number of rotatable bonds is 5. The first-order valence-corrected chi connectivity index (χ1v) is 8.99. The van der Waals surface area contributed by atoms with Crippen molar-refractivity contribution in [2.75, 3.05) is 11.9 Å². The predicted octanol–water partition coefficient (Wildman–Crippen LogP) is 0.535. The van der Waals surface area contributed by atoms with Crippen LogP contribution in [0.25, 0.3) is 10.8 Å². The van der Waals surface area contributed by atoms with Gasteiger partial charge in [-0.15, -0.1) is 0 Å². The van der Waals surface area contributed by atoms with E-state index in [-0.39, 0.29) is 16.5 Å². The van der Waals surface area contributed by atoms with Gasteiger partial charge in [-0.3, -0.25) is 13.9 Å². The van der Waals surface area contributed by atoms with Crippen LogP contribution in [0, 0.1) is 0 Å². The van der Waals surface area contributed by atoms with Gasteiger partial charge in [0.1, 0.15) is 12.3 Å². The number of fused-ring (bicyclic) bond motifs is 1. The highest BCUT2D eigenvalue weighted by atomic mass is 32.2. The van der Waals surface area contributed by atoms with Gasteiger partial charge in [-0.05, 0) is 23.6 Å². The summed E-state index contributed by atoms with van der Waals surface area (Å²) in [6.45, 7) is -0.635. The van der Waals surface area contributed by atoms with Crippen molar-refractivity contribution in [2.45, 2.75) is 9.79 Å². The van der Waals surface area contributed by atoms with Crippen LogP contribution in [0.3, 0.4) is 0 Å². The second-order valence-corrected chi connectivity index (χ2v) is 7.55. The van der Waals surface area contributed by atoms with Crippen LogP contribution in [-0.4, -0.2) is 48.7 Å². The average molecular weight is 377 g/mol. The van der Waals surface area contributed by atoms with Crippen molar-refractivity contribution in [3.05, 3.63) is 24.3 Å². The zero-order valence-electron chi connectivity index (χ0n) is 11.7. The summed E-state index contributed by atoms with van der Waals surface area (Å²) >= 11 is 0. The Labute approximate surface area is 135 Å². The number of anilines is 1. The van der Waals surface area contributed by atoms with E-state index in [1.807, 2.05) is 0 Å². The lowest BCUT2D eigenvalue weighted by atomic mass is 10.1. The van der Waals surface area contributed by atoms with E-state index in [0.717, 1.165) is 24.3 Å². The number of aromatic hydroxyl groups is 1. The van der Waals surface area contributed by atoms with Gasteiger partial charge in [-0.2, -0.15) is 16.8 Å². The molecule has 0 radical (unpaired) electrons. The molecule has 2 rings (SSSR count). The summed E-state index contributed by atoms with van der Waals surface area (Å²) in [6, 6.07) is 3.33. The molecule has 0 saturated carbocycles. The van der Waals surface area contributed by atoms with E-state index in [1.54, 1.807) is 0 Å². The molecule has 0 amide bonds. The molecule has 0 aliphatic heterocycles. The summed E-state index contributed by atoms with van der Waals surface area (Å²) in [5.74, 6) is -1.93. The molecule has 0 bridgehead atoms. The number of nitrogens with one attached hydrogen (secondary N) is 1. The molecule has 24 heavy (non-hydrogen) atoms. The fourth-order valence-electron chi connectivity index (χ4n) is 2.05. The third kappa shape index (κ3) is 3.73. The molecule has 5 N–H and O–H groups in total. The summed E-state index contributed by atoms with van der Waals surface area (Å²) in [5, 5.41) is 20.8. The fourth-order valence-corrected chi connectivity index (χ4v) is 3.13. The van der Waals surface area contributed by atoms with Gasteiger partial charge in [-0.25, -0.2) is 0 Å². The van der Waals surface area contributed by atoms with Crippen molar-refractivity contribution >= 4 is 42.7 Å². The minimum atomic E-state index is -4.70. The van der Waals surface area contributed by atoms with Crippen LogP contribution in [-0.2, 0) is 25.0 Å². The van der Waals surface area contributed by atoms with Crippen molar-refractivity contribution < 1.29 is 40.9 Å². The van der Waals surface area contributed by atoms with Crippen molar-refractivity contribution in [1.29, 1.82) is 0 Å². The smallest absolute Gasteiger partial charge is 0.322 e. The molecular weight excluding hydrogens is 366 g/mol. The highest BCUT2D eigenvalue weighted by molar-refractivity contribution is 7.86. The second-order valence-electron chi connectivity index (χ2n) is 4.71. The fraction of sp³-hybridized carbons (Fsp3) is 0.0833. The predicted molar refractivity (Wildman–Crippen MR) is 81.4 cm³/mol. The van der Waals surface area contributed by atoms with E-state index in [9.17, 15) is 26.7 Å². The van der Waals surface area contributed by atoms with Gasteiger partial charge in [0.25, 0.3) is 20.2 Å². The van der Waals surface area contributed by atoms with E-state index >= 15 is 0 Å². The monoisotopic (exact) mass is 377 g/mol. The number of carbonyl (C=O) groups is 1. The highest BCUT2D eigenvalue weighted by Crippen LogP contribution is 2.36. The SMILES string of the molecule is O=C(O)CNc1cc(S(=O)(=O)O)cc2cc(S(=O)(=O)O)cc(O)c12. The summed E-state index contributed by atoms with van der Waals surface area (Å²) in [4.78, 5) is 9.29. The first-order chi connectivity index (χ1) is 10.9. The zero-order valence-corrected chi connectivity index (χ0v) is 13.3. The molecular formula is C12H11NO9S2. The highest BCUT2D eigenvalue weighted by Gasteiger charge is 2.19. The number of hydrogen-bond donors (Lipinski definition) is 5. The Morgan fingerprint density at radius 1 is 0.958 bits per heavy atom. The molecule has 0 aliphatic carbocycles. The molecule has 130 valence electrons. The molecule has 2 aromatic rings. The topological polar surface area (TPSA) is 178 Å². The molecule has 0 spiro atoms. The van der Waals surface area contributed by atoms with E-state index < -0.39 is 48.3 Å². The second kappa shape index (κ2) is 5.90. The van der Waals surface area contributed by atoms with Crippen molar-refractivity contribution in [3.63, 3.8) is 0 Å². The largest absolute Gasteiger partial charge is 0.507 e. The number of hydrogen-bond acceptors (Lipinski definition) is 7. The molecule has 0 unspecified atom stereocenters. The van der Waals surface area contributed by atoms with Crippen molar-refractivity contribution in [2.24, 2.45) is 0 Å². The number of carboxylic acids is 1. The van der Waals surface area contributed by atoms with Crippen molar-refractivity contribution in [3.8, 4) is 5.75 Å². The van der Waals surface area contributed by atoms with Gasteiger partial charge in [-0.1, -0.05) is 0 Å². The lowest BCUT2D eigenvalue weighted by Gasteiger charge is -2.12. The Bertz CT molecular complexity index is 1040. The quantitative estimate of drug-likeness (QED) is 0.462.